The first-order valence-electron chi connectivity index (χ1n) is 8.72. The molecule has 140 valence electrons. The molecule has 0 atom stereocenters. The van der Waals surface area contributed by atoms with Crippen LogP contribution in [0.4, 0.5) is 0 Å². The molecule has 0 saturated heterocycles. The molecule has 2 aromatic heterocycles. The fourth-order valence-electron chi connectivity index (χ4n) is 2.62. The number of aromatic nitrogens is 4. The highest BCUT2D eigenvalue weighted by Gasteiger charge is 2.15. The maximum atomic E-state index is 12.9. The van der Waals surface area contributed by atoms with Gasteiger partial charge in [0.15, 0.2) is 16.3 Å². The molecular weight excluding hydrogens is 362 g/mol. The lowest BCUT2D eigenvalue weighted by atomic mass is 10.1. The third-order valence-corrected chi connectivity index (χ3v) is 4.78. The molecule has 0 saturated carbocycles. The van der Waals surface area contributed by atoms with E-state index < -0.39 is 0 Å². The Morgan fingerprint density at radius 1 is 1.19 bits per heavy atom. The van der Waals surface area contributed by atoms with Crippen LogP contribution in [-0.2, 0) is 17.8 Å². The SMILES string of the molecule is CC(C)NC(=O)CSc1nc2nccnc2c(=O)n1CCc1ccccc1. The van der Waals surface area contributed by atoms with Crippen LogP contribution >= 0.6 is 11.8 Å². The highest BCUT2D eigenvalue weighted by molar-refractivity contribution is 7.99. The minimum Gasteiger partial charge on any atom is -0.353 e. The Morgan fingerprint density at radius 2 is 1.93 bits per heavy atom. The maximum Gasteiger partial charge on any atom is 0.282 e. The Balaban J connectivity index is 1.89. The molecule has 3 aromatic rings. The maximum absolute atomic E-state index is 12.9. The van der Waals surface area contributed by atoms with Gasteiger partial charge in [0.05, 0.1) is 5.75 Å². The van der Waals surface area contributed by atoms with E-state index in [2.05, 4.69) is 20.3 Å². The zero-order chi connectivity index (χ0) is 19.2. The summed E-state index contributed by atoms with van der Waals surface area (Å²) in [6.45, 7) is 4.26. The van der Waals surface area contributed by atoms with Crippen LogP contribution < -0.4 is 10.9 Å². The fraction of sp³-hybridized carbons (Fsp3) is 0.316. The van der Waals surface area contributed by atoms with Crippen molar-refractivity contribution in [2.24, 2.45) is 0 Å². The van der Waals surface area contributed by atoms with Crippen LogP contribution in [0.15, 0.2) is 52.7 Å². The van der Waals surface area contributed by atoms with E-state index >= 15 is 0 Å². The number of hydrogen-bond acceptors (Lipinski definition) is 6. The number of hydrogen-bond donors (Lipinski definition) is 1. The summed E-state index contributed by atoms with van der Waals surface area (Å²) in [7, 11) is 0. The minimum absolute atomic E-state index is 0.0637. The molecule has 7 nitrogen and oxygen atoms in total. The molecule has 0 aliphatic carbocycles. The Hall–Kier alpha value is -2.74. The van der Waals surface area contributed by atoms with Gasteiger partial charge in [0, 0.05) is 25.0 Å². The van der Waals surface area contributed by atoms with Gasteiger partial charge in [0.1, 0.15) is 0 Å². The third kappa shape index (κ3) is 4.91. The second-order valence-electron chi connectivity index (χ2n) is 6.33. The lowest BCUT2D eigenvalue weighted by Gasteiger charge is -2.13. The Bertz CT molecular complexity index is 988. The van der Waals surface area contributed by atoms with Crippen molar-refractivity contribution < 1.29 is 4.79 Å². The normalized spacial score (nSPS) is 11.1. The van der Waals surface area contributed by atoms with Crippen molar-refractivity contribution in [2.45, 2.75) is 38.0 Å². The molecular formula is C19H21N5O2S. The molecule has 1 N–H and O–H groups in total. The number of aryl methyl sites for hydroxylation is 1. The molecule has 0 aliphatic rings. The number of benzene rings is 1. The van der Waals surface area contributed by atoms with Gasteiger partial charge in [-0.25, -0.2) is 15.0 Å². The summed E-state index contributed by atoms with van der Waals surface area (Å²) < 4.78 is 1.58. The van der Waals surface area contributed by atoms with Crippen molar-refractivity contribution >= 4 is 28.8 Å². The highest BCUT2D eigenvalue weighted by atomic mass is 32.2. The second-order valence-corrected chi connectivity index (χ2v) is 7.27. The lowest BCUT2D eigenvalue weighted by molar-refractivity contribution is -0.119. The first-order valence-corrected chi connectivity index (χ1v) is 9.71. The predicted molar refractivity (Wildman–Crippen MR) is 106 cm³/mol. The van der Waals surface area contributed by atoms with Crippen LogP contribution in [-0.4, -0.2) is 37.2 Å². The summed E-state index contributed by atoms with van der Waals surface area (Å²) in [6.07, 6.45) is 3.67. The van der Waals surface area contributed by atoms with E-state index in [1.807, 2.05) is 44.2 Å². The summed E-state index contributed by atoms with van der Waals surface area (Å²) in [5, 5.41) is 3.31. The van der Waals surface area contributed by atoms with Gasteiger partial charge in [0.2, 0.25) is 5.91 Å². The topological polar surface area (TPSA) is 89.8 Å². The number of thioether (sulfide) groups is 1. The zero-order valence-corrected chi connectivity index (χ0v) is 16.1. The van der Waals surface area contributed by atoms with Crippen LogP contribution in [0.25, 0.3) is 11.2 Å². The molecule has 0 bridgehead atoms. The van der Waals surface area contributed by atoms with Gasteiger partial charge in [-0.2, -0.15) is 0 Å². The number of nitrogens with one attached hydrogen (secondary N) is 1. The average molecular weight is 383 g/mol. The monoisotopic (exact) mass is 383 g/mol. The van der Waals surface area contributed by atoms with E-state index in [1.54, 1.807) is 4.57 Å². The zero-order valence-electron chi connectivity index (χ0n) is 15.3. The van der Waals surface area contributed by atoms with E-state index in [9.17, 15) is 9.59 Å². The van der Waals surface area contributed by atoms with Crippen molar-refractivity contribution in [3.05, 3.63) is 58.6 Å². The predicted octanol–water partition coefficient (Wildman–Crippen LogP) is 2.05. The van der Waals surface area contributed by atoms with Gasteiger partial charge in [-0.1, -0.05) is 42.1 Å². The minimum atomic E-state index is -0.240. The molecule has 3 rings (SSSR count). The van der Waals surface area contributed by atoms with Gasteiger partial charge in [0.25, 0.3) is 5.56 Å². The summed E-state index contributed by atoms with van der Waals surface area (Å²) in [6, 6.07) is 9.98. The van der Waals surface area contributed by atoms with Gasteiger partial charge in [-0.05, 0) is 25.8 Å². The molecule has 2 heterocycles. The van der Waals surface area contributed by atoms with E-state index in [0.717, 1.165) is 5.56 Å². The molecule has 0 spiro atoms. The van der Waals surface area contributed by atoms with Crippen molar-refractivity contribution in [3.63, 3.8) is 0 Å². The number of nitrogens with zero attached hydrogens (tertiary/aromatic N) is 4. The van der Waals surface area contributed by atoms with E-state index in [1.165, 1.54) is 24.2 Å². The number of carbonyl (C=O) groups is 1. The van der Waals surface area contributed by atoms with E-state index in [0.29, 0.717) is 23.8 Å². The molecule has 0 radical (unpaired) electrons. The number of amides is 1. The van der Waals surface area contributed by atoms with Crippen LogP contribution in [0.2, 0.25) is 0 Å². The van der Waals surface area contributed by atoms with Gasteiger partial charge >= 0.3 is 0 Å². The quantitative estimate of drug-likeness (QED) is 0.496. The number of carbonyl (C=O) groups excluding carboxylic acids is 1. The largest absolute Gasteiger partial charge is 0.353 e. The Kier molecular flexibility index (Phi) is 6.18. The summed E-state index contributed by atoms with van der Waals surface area (Å²) >= 11 is 1.23. The van der Waals surface area contributed by atoms with Crippen LogP contribution in [0, 0.1) is 0 Å². The molecule has 0 aliphatic heterocycles. The Morgan fingerprint density at radius 3 is 2.67 bits per heavy atom. The fourth-order valence-corrected chi connectivity index (χ4v) is 3.44. The molecule has 1 aromatic carbocycles. The van der Waals surface area contributed by atoms with Gasteiger partial charge < -0.3 is 5.32 Å². The van der Waals surface area contributed by atoms with Crippen LogP contribution in [0.1, 0.15) is 19.4 Å². The van der Waals surface area contributed by atoms with Crippen molar-refractivity contribution in [3.8, 4) is 0 Å². The van der Waals surface area contributed by atoms with E-state index in [-0.39, 0.29) is 28.8 Å². The lowest BCUT2D eigenvalue weighted by Crippen LogP contribution is -2.32. The van der Waals surface area contributed by atoms with Crippen molar-refractivity contribution in [1.82, 2.24) is 24.8 Å². The smallest absolute Gasteiger partial charge is 0.282 e. The molecule has 1 amide bonds. The van der Waals surface area contributed by atoms with Crippen molar-refractivity contribution in [1.29, 1.82) is 0 Å². The van der Waals surface area contributed by atoms with Crippen LogP contribution in [0.3, 0.4) is 0 Å². The summed E-state index contributed by atoms with van der Waals surface area (Å²) in [5.74, 6) is 0.0833. The molecule has 0 unspecified atom stereocenters. The highest BCUT2D eigenvalue weighted by Crippen LogP contribution is 2.16. The van der Waals surface area contributed by atoms with Gasteiger partial charge in [-0.3, -0.25) is 14.2 Å². The second kappa shape index (κ2) is 8.77. The first-order chi connectivity index (χ1) is 13.0. The summed E-state index contributed by atoms with van der Waals surface area (Å²) in [5.41, 5.74) is 1.42. The molecule has 8 heteroatoms. The first kappa shape index (κ1) is 19.0. The molecule has 27 heavy (non-hydrogen) atoms. The standard InChI is InChI=1S/C19H21N5O2S/c1-13(2)22-15(25)12-27-19-23-17-16(20-9-10-21-17)18(26)24(19)11-8-14-6-4-3-5-7-14/h3-7,9-10,13H,8,11-12H2,1-2H3,(H,22,25). The number of fused-ring (bicyclic) bond motifs is 1. The van der Waals surface area contributed by atoms with Crippen molar-refractivity contribution in [2.75, 3.05) is 5.75 Å². The van der Waals surface area contributed by atoms with Gasteiger partial charge in [-0.15, -0.1) is 0 Å². The Labute approximate surface area is 161 Å². The van der Waals surface area contributed by atoms with E-state index in [4.69, 9.17) is 0 Å². The summed E-state index contributed by atoms with van der Waals surface area (Å²) in [4.78, 5) is 37.6. The average Bonchev–Trinajstić information content (AvgIpc) is 2.66. The van der Waals surface area contributed by atoms with Crippen LogP contribution in [0.5, 0.6) is 0 Å². The molecule has 0 fully saturated rings. The number of rotatable bonds is 7. The third-order valence-electron chi connectivity index (χ3n) is 3.81.